The minimum atomic E-state index is 0.717. The zero-order valence-electron chi connectivity index (χ0n) is 11.3. The third-order valence-corrected chi connectivity index (χ3v) is 4.43. The molecule has 96 valence electrons. The molecule has 0 aliphatic carbocycles. The number of nitrogens with one attached hydrogen (secondary N) is 1. The molecular weight excluding hydrogens is 216 g/mol. The Bertz CT molecular complexity index is 185. The van der Waals surface area contributed by atoms with Crippen molar-refractivity contribution in [3.8, 4) is 0 Å². The van der Waals surface area contributed by atoms with Gasteiger partial charge in [0.1, 0.15) is 0 Å². The van der Waals surface area contributed by atoms with Crippen LogP contribution in [0.1, 0.15) is 34.1 Å². The largest absolute Gasteiger partial charge is 0.315 e. The molecule has 0 amide bonds. The maximum Gasteiger partial charge on any atom is 0.0244 e. The summed E-state index contributed by atoms with van der Waals surface area (Å²) in [6.45, 7) is 14.1. The van der Waals surface area contributed by atoms with Gasteiger partial charge >= 0.3 is 0 Å². The second-order valence-corrected chi connectivity index (χ2v) is 6.74. The van der Waals surface area contributed by atoms with Crippen LogP contribution in [0.2, 0.25) is 0 Å². The minimum absolute atomic E-state index is 0.717. The van der Waals surface area contributed by atoms with Gasteiger partial charge in [-0.3, -0.25) is 4.90 Å². The van der Waals surface area contributed by atoms with Crippen molar-refractivity contribution >= 4 is 11.8 Å². The van der Waals surface area contributed by atoms with E-state index in [1.807, 2.05) is 0 Å². The summed E-state index contributed by atoms with van der Waals surface area (Å²) in [5.41, 5.74) is 0. The van der Waals surface area contributed by atoms with Gasteiger partial charge in [-0.05, 0) is 18.9 Å². The van der Waals surface area contributed by atoms with Crippen LogP contribution < -0.4 is 5.32 Å². The van der Waals surface area contributed by atoms with Crippen molar-refractivity contribution in [2.45, 2.75) is 45.4 Å². The lowest BCUT2D eigenvalue weighted by Crippen LogP contribution is -2.50. The molecule has 16 heavy (non-hydrogen) atoms. The van der Waals surface area contributed by atoms with E-state index in [-0.39, 0.29) is 0 Å². The number of rotatable bonds is 6. The number of hydrogen-bond donors (Lipinski definition) is 1. The molecule has 0 bridgehead atoms. The fraction of sp³-hybridized carbons (Fsp3) is 1.00. The summed E-state index contributed by atoms with van der Waals surface area (Å²) >= 11 is 2.12. The van der Waals surface area contributed by atoms with E-state index < -0.39 is 0 Å². The SMILES string of the molecule is CCCNCC(C(C)C)N1CCSC(C)C1. The molecule has 2 unspecified atom stereocenters. The average molecular weight is 244 g/mol. The Balaban J connectivity index is 2.41. The van der Waals surface area contributed by atoms with Gasteiger partial charge in [-0.2, -0.15) is 11.8 Å². The van der Waals surface area contributed by atoms with Gasteiger partial charge in [-0.15, -0.1) is 0 Å². The predicted molar refractivity (Wildman–Crippen MR) is 75.3 cm³/mol. The van der Waals surface area contributed by atoms with Crippen LogP contribution in [0.3, 0.4) is 0 Å². The molecule has 1 fully saturated rings. The Labute approximate surface area is 106 Å². The molecule has 1 aliphatic rings. The van der Waals surface area contributed by atoms with E-state index in [9.17, 15) is 0 Å². The highest BCUT2D eigenvalue weighted by molar-refractivity contribution is 7.99. The van der Waals surface area contributed by atoms with Gasteiger partial charge in [-0.25, -0.2) is 0 Å². The molecule has 2 nitrogen and oxygen atoms in total. The first-order valence-electron chi connectivity index (χ1n) is 6.71. The molecule has 2 atom stereocenters. The van der Waals surface area contributed by atoms with E-state index in [4.69, 9.17) is 0 Å². The second kappa shape index (κ2) is 7.57. The van der Waals surface area contributed by atoms with Gasteiger partial charge in [0, 0.05) is 36.7 Å². The van der Waals surface area contributed by atoms with E-state index in [0.29, 0.717) is 0 Å². The van der Waals surface area contributed by atoms with Crippen LogP contribution in [0.4, 0.5) is 0 Å². The van der Waals surface area contributed by atoms with Crippen molar-refractivity contribution < 1.29 is 0 Å². The molecule has 1 heterocycles. The van der Waals surface area contributed by atoms with Crippen LogP contribution in [0, 0.1) is 5.92 Å². The normalized spacial score (nSPS) is 24.9. The first-order valence-corrected chi connectivity index (χ1v) is 7.76. The Morgan fingerprint density at radius 2 is 2.19 bits per heavy atom. The predicted octanol–water partition coefficient (Wildman–Crippen LogP) is 2.45. The fourth-order valence-electron chi connectivity index (χ4n) is 2.36. The zero-order valence-corrected chi connectivity index (χ0v) is 12.1. The minimum Gasteiger partial charge on any atom is -0.315 e. The monoisotopic (exact) mass is 244 g/mol. The van der Waals surface area contributed by atoms with Crippen molar-refractivity contribution in [3.63, 3.8) is 0 Å². The van der Waals surface area contributed by atoms with Crippen LogP contribution >= 0.6 is 11.8 Å². The summed E-state index contributed by atoms with van der Waals surface area (Å²) < 4.78 is 0. The van der Waals surface area contributed by atoms with Crippen molar-refractivity contribution in [3.05, 3.63) is 0 Å². The molecule has 0 aromatic heterocycles. The molecular formula is C13H28N2S. The van der Waals surface area contributed by atoms with Gasteiger partial charge in [0.25, 0.3) is 0 Å². The van der Waals surface area contributed by atoms with Gasteiger partial charge in [0.2, 0.25) is 0 Å². The molecule has 0 spiro atoms. The maximum atomic E-state index is 3.58. The quantitative estimate of drug-likeness (QED) is 0.723. The van der Waals surface area contributed by atoms with Gasteiger partial charge < -0.3 is 5.32 Å². The molecule has 1 aliphatic heterocycles. The maximum absolute atomic E-state index is 3.58. The summed E-state index contributed by atoms with van der Waals surface area (Å²) in [6, 6.07) is 0.717. The number of hydrogen-bond acceptors (Lipinski definition) is 3. The lowest BCUT2D eigenvalue weighted by Gasteiger charge is -2.39. The zero-order chi connectivity index (χ0) is 12.0. The lowest BCUT2D eigenvalue weighted by atomic mass is 10.0. The first-order chi connectivity index (χ1) is 7.65. The molecule has 1 rings (SSSR count). The van der Waals surface area contributed by atoms with Gasteiger partial charge in [0.05, 0.1) is 0 Å². The fourth-order valence-corrected chi connectivity index (χ4v) is 3.40. The third kappa shape index (κ3) is 4.64. The average Bonchev–Trinajstić information content (AvgIpc) is 2.24. The summed E-state index contributed by atoms with van der Waals surface area (Å²) in [5, 5.41) is 4.39. The summed E-state index contributed by atoms with van der Waals surface area (Å²) in [7, 11) is 0. The molecule has 1 N–H and O–H groups in total. The topological polar surface area (TPSA) is 15.3 Å². The summed E-state index contributed by atoms with van der Waals surface area (Å²) in [6.07, 6.45) is 1.23. The van der Waals surface area contributed by atoms with Crippen molar-refractivity contribution in [1.29, 1.82) is 0 Å². The van der Waals surface area contributed by atoms with E-state index in [0.717, 1.165) is 30.3 Å². The molecule has 1 saturated heterocycles. The van der Waals surface area contributed by atoms with Crippen molar-refractivity contribution in [1.82, 2.24) is 10.2 Å². The molecule has 0 saturated carbocycles. The Hall–Kier alpha value is 0.270. The van der Waals surface area contributed by atoms with E-state index in [1.165, 1.54) is 25.3 Å². The van der Waals surface area contributed by atoms with Gasteiger partial charge in [-0.1, -0.05) is 27.7 Å². The highest BCUT2D eigenvalue weighted by Gasteiger charge is 2.25. The van der Waals surface area contributed by atoms with Crippen LogP contribution in [0.5, 0.6) is 0 Å². The highest BCUT2D eigenvalue weighted by Crippen LogP contribution is 2.22. The second-order valence-electron chi connectivity index (χ2n) is 5.19. The Kier molecular flexibility index (Phi) is 6.78. The Morgan fingerprint density at radius 3 is 2.75 bits per heavy atom. The first kappa shape index (κ1) is 14.3. The van der Waals surface area contributed by atoms with Gasteiger partial charge in [0.15, 0.2) is 0 Å². The van der Waals surface area contributed by atoms with Crippen LogP contribution in [-0.2, 0) is 0 Å². The molecule has 0 radical (unpaired) electrons. The third-order valence-electron chi connectivity index (χ3n) is 3.29. The van der Waals surface area contributed by atoms with Crippen molar-refractivity contribution in [2.75, 3.05) is 31.9 Å². The van der Waals surface area contributed by atoms with Crippen molar-refractivity contribution in [2.24, 2.45) is 5.92 Å². The van der Waals surface area contributed by atoms with Crippen LogP contribution in [0.25, 0.3) is 0 Å². The summed E-state index contributed by atoms with van der Waals surface area (Å²) in [5.74, 6) is 2.05. The highest BCUT2D eigenvalue weighted by atomic mass is 32.2. The van der Waals surface area contributed by atoms with Crippen LogP contribution in [0.15, 0.2) is 0 Å². The van der Waals surface area contributed by atoms with E-state index in [2.05, 4.69) is 49.7 Å². The number of thioether (sulfide) groups is 1. The van der Waals surface area contributed by atoms with Crippen LogP contribution in [-0.4, -0.2) is 48.1 Å². The standard InChI is InChI=1S/C13H28N2S/c1-5-6-14-9-13(11(2)3)15-7-8-16-12(4)10-15/h11-14H,5-10H2,1-4H3. The lowest BCUT2D eigenvalue weighted by molar-refractivity contribution is 0.158. The molecule has 3 heteroatoms. The molecule has 0 aromatic carbocycles. The van der Waals surface area contributed by atoms with E-state index >= 15 is 0 Å². The summed E-state index contributed by atoms with van der Waals surface area (Å²) in [4.78, 5) is 2.69. The smallest absolute Gasteiger partial charge is 0.0244 e. The molecule has 0 aromatic rings. The number of nitrogens with zero attached hydrogens (tertiary/aromatic N) is 1. The Morgan fingerprint density at radius 1 is 1.44 bits per heavy atom. The van der Waals surface area contributed by atoms with E-state index in [1.54, 1.807) is 0 Å².